The van der Waals surface area contributed by atoms with Crippen LogP contribution in [-0.2, 0) is 22.7 Å². The SMILES string of the molecule is Cc1ccc(S[C@]2(C(=O)NC3CC3)CC(=O)N(Cc3ccccc3Cl)[C@@H]2c2ccc(CO)cc2)cc1. The standard InChI is InChI=1S/C29H29ClN2O3S/c1-19-6-14-24(15-7-19)36-29(28(35)31-23-12-13-23)16-26(34)32(17-22-4-2-3-5-25(22)30)27(29)21-10-8-20(18-33)9-11-21/h2-11,14-15,23,27,33H,12-13,16-18H2,1H3,(H,31,35)/t27-,29-/m1/s1. The van der Waals surface area contributed by atoms with Gasteiger partial charge in [-0.05, 0) is 54.7 Å². The van der Waals surface area contributed by atoms with Crippen LogP contribution in [0.5, 0.6) is 0 Å². The van der Waals surface area contributed by atoms with Gasteiger partial charge in [0, 0.05) is 22.5 Å². The Balaban J connectivity index is 1.62. The molecule has 0 aromatic heterocycles. The van der Waals surface area contributed by atoms with Crippen LogP contribution in [0.15, 0.2) is 77.7 Å². The first kappa shape index (κ1) is 24.9. The molecular formula is C29H29ClN2O3S. The zero-order valence-corrected chi connectivity index (χ0v) is 21.7. The molecule has 3 aromatic rings. The third kappa shape index (κ3) is 5.03. The van der Waals surface area contributed by atoms with Gasteiger partial charge in [-0.25, -0.2) is 0 Å². The van der Waals surface area contributed by atoms with Gasteiger partial charge in [-0.2, -0.15) is 0 Å². The lowest BCUT2D eigenvalue weighted by molar-refractivity contribution is -0.129. The number of amides is 2. The van der Waals surface area contributed by atoms with Crippen molar-refractivity contribution in [2.45, 2.75) is 61.1 Å². The minimum Gasteiger partial charge on any atom is -0.392 e. The molecule has 1 aliphatic carbocycles. The van der Waals surface area contributed by atoms with E-state index in [1.165, 1.54) is 11.8 Å². The Hall–Kier alpha value is -2.80. The van der Waals surface area contributed by atoms with Crippen molar-refractivity contribution < 1.29 is 14.7 Å². The van der Waals surface area contributed by atoms with Crippen molar-refractivity contribution in [2.24, 2.45) is 0 Å². The molecule has 1 saturated heterocycles. The average Bonchev–Trinajstić information content (AvgIpc) is 3.65. The molecule has 7 heteroatoms. The molecule has 1 heterocycles. The minimum atomic E-state index is -1.06. The topological polar surface area (TPSA) is 69.6 Å². The maximum absolute atomic E-state index is 14.0. The number of thioether (sulfide) groups is 1. The van der Waals surface area contributed by atoms with Crippen LogP contribution < -0.4 is 5.32 Å². The van der Waals surface area contributed by atoms with E-state index in [9.17, 15) is 14.7 Å². The van der Waals surface area contributed by atoms with E-state index in [-0.39, 0.29) is 30.9 Å². The summed E-state index contributed by atoms with van der Waals surface area (Å²) in [6, 6.07) is 22.8. The average molecular weight is 521 g/mol. The summed E-state index contributed by atoms with van der Waals surface area (Å²) in [5, 5.41) is 13.4. The van der Waals surface area contributed by atoms with Gasteiger partial charge in [0.05, 0.1) is 19.1 Å². The van der Waals surface area contributed by atoms with Crippen molar-refractivity contribution in [1.29, 1.82) is 0 Å². The van der Waals surface area contributed by atoms with Crippen LogP contribution >= 0.6 is 23.4 Å². The zero-order valence-electron chi connectivity index (χ0n) is 20.1. The number of aliphatic hydroxyl groups is 1. The summed E-state index contributed by atoms with van der Waals surface area (Å²) in [4.78, 5) is 30.5. The predicted octanol–water partition coefficient (Wildman–Crippen LogP) is 5.42. The predicted molar refractivity (Wildman–Crippen MR) is 143 cm³/mol. The molecule has 5 nitrogen and oxygen atoms in total. The quantitative estimate of drug-likeness (QED) is 0.416. The molecule has 1 saturated carbocycles. The molecule has 0 bridgehead atoms. The summed E-state index contributed by atoms with van der Waals surface area (Å²) in [7, 11) is 0. The van der Waals surface area contributed by atoms with E-state index in [0.29, 0.717) is 11.6 Å². The number of hydrogen-bond donors (Lipinski definition) is 2. The Morgan fingerprint density at radius 2 is 1.78 bits per heavy atom. The van der Waals surface area contributed by atoms with Crippen LogP contribution in [0, 0.1) is 6.92 Å². The third-order valence-electron chi connectivity index (χ3n) is 6.88. The fraction of sp³-hybridized carbons (Fsp3) is 0.310. The third-order valence-corrected chi connectivity index (χ3v) is 8.68. The van der Waals surface area contributed by atoms with E-state index in [1.54, 1.807) is 4.90 Å². The molecule has 2 fully saturated rings. The molecule has 36 heavy (non-hydrogen) atoms. The molecule has 2 aliphatic rings. The number of rotatable bonds is 8. The van der Waals surface area contributed by atoms with Gasteiger partial charge in [0.25, 0.3) is 0 Å². The van der Waals surface area contributed by atoms with Gasteiger partial charge in [-0.1, -0.05) is 71.8 Å². The Morgan fingerprint density at radius 1 is 1.08 bits per heavy atom. The maximum atomic E-state index is 14.0. The van der Waals surface area contributed by atoms with Crippen molar-refractivity contribution in [3.8, 4) is 0 Å². The van der Waals surface area contributed by atoms with Crippen LogP contribution in [0.3, 0.4) is 0 Å². The largest absolute Gasteiger partial charge is 0.392 e. The number of aryl methyl sites for hydroxylation is 1. The monoisotopic (exact) mass is 520 g/mol. The lowest BCUT2D eigenvalue weighted by atomic mass is 9.90. The first-order valence-corrected chi connectivity index (χ1v) is 13.4. The Morgan fingerprint density at radius 3 is 2.42 bits per heavy atom. The maximum Gasteiger partial charge on any atom is 0.239 e. The fourth-order valence-corrected chi connectivity index (χ4v) is 6.37. The second kappa shape index (κ2) is 10.3. The van der Waals surface area contributed by atoms with E-state index >= 15 is 0 Å². The van der Waals surface area contributed by atoms with Crippen molar-refractivity contribution >= 4 is 35.2 Å². The Labute approximate surface area is 220 Å². The van der Waals surface area contributed by atoms with E-state index in [2.05, 4.69) is 5.32 Å². The number of benzene rings is 3. The van der Waals surface area contributed by atoms with E-state index in [1.807, 2.05) is 79.7 Å². The molecular weight excluding hydrogens is 492 g/mol. The number of aliphatic hydroxyl groups excluding tert-OH is 1. The molecule has 3 aromatic carbocycles. The minimum absolute atomic E-state index is 0.0708. The molecule has 5 rings (SSSR count). The van der Waals surface area contributed by atoms with Gasteiger partial charge in [0.15, 0.2) is 0 Å². The molecule has 0 radical (unpaired) electrons. The van der Waals surface area contributed by atoms with Crippen molar-refractivity contribution in [3.05, 3.63) is 100 Å². The van der Waals surface area contributed by atoms with Crippen LogP contribution in [-0.4, -0.2) is 32.6 Å². The summed E-state index contributed by atoms with van der Waals surface area (Å²) >= 11 is 7.95. The van der Waals surface area contributed by atoms with Gasteiger partial charge in [0.1, 0.15) is 4.75 Å². The normalized spacial score (nSPS) is 21.6. The first-order valence-electron chi connectivity index (χ1n) is 12.2. The van der Waals surface area contributed by atoms with Gasteiger partial charge < -0.3 is 15.3 Å². The number of carbonyl (C=O) groups excluding carboxylic acids is 2. The van der Waals surface area contributed by atoms with Gasteiger partial charge >= 0.3 is 0 Å². The highest BCUT2D eigenvalue weighted by atomic mass is 35.5. The Kier molecular flexibility index (Phi) is 7.11. The second-order valence-electron chi connectivity index (χ2n) is 9.64. The second-order valence-corrected chi connectivity index (χ2v) is 11.5. The van der Waals surface area contributed by atoms with Crippen LogP contribution in [0.4, 0.5) is 0 Å². The van der Waals surface area contributed by atoms with Crippen LogP contribution in [0.1, 0.15) is 47.6 Å². The summed E-state index contributed by atoms with van der Waals surface area (Å²) in [5.74, 6) is -0.196. The highest BCUT2D eigenvalue weighted by Crippen LogP contribution is 2.53. The van der Waals surface area contributed by atoms with Crippen molar-refractivity contribution in [1.82, 2.24) is 10.2 Å². The van der Waals surface area contributed by atoms with Gasteiger partial charge in [-0.3, -0.25) is 9.59 Å². The molecule has 186 valence electrons. The summed E-state index contributed by atoms with van der Waals surface area (Å²) < 4.78 is -1.06. The van der Waals surface area contributed by atoms with Crippen molar-refractivity contribution in [3.63, 3.8) is 0 Å². The number of likely N-dealkylation sites (tertiary alicyclic amines) is 1. The summed E-state index contributed by atoms with van der Waals surface area (Å²) in [5.41, 5.74) is 3.61. The van der Waals surface area contributed by atoms with Gasteiger partial charge in [-0.15, -0.1) is 11.8 Å². The van der Waals surface area contributed by atoms with E-state index in [0.717, 1.165) is 40.0 Å². The fourth-order valence-electron chi connectivity index (χ4n) is 4.76. The number of carbonyl (C=O) groups is 2. The highest BCUT2D eigenvalue weighted by Gasteiger charge is 2.58. The van der Waals surface area contributed by atoms with Gasteiger partial charge in [0.2, 0.25) is 11.8 Å². The molecule has 2 amide bonds. The molecule has 1 aliphatic heterocycles. The number of hydrogen-bond acceptors (Lipinski definition) is 4. The van der Waals surface area contributed by atoms with E-state index in [4.69, 9.17) is 11.6 Å². The number of nitrogens with zero attached hydrogens (tertiary/aromatic N) is 1. The highest BCUT2D eigenvalue weighted by molar-refractivity contribution is 8.01. The van der Waals surface area contributed by atoms with E-state index < -0.39 is 10.8 Å². The Bertz CT molecular complexity index is 1260. The van der Waals surface area contributed by atoms with Crippen LogP contribution in [0.25, 0.3) is 0 Å². The lowest BCUT2D eigenvalue weighted by Crippen LogP contribution is -2.48. The number of halogens is 1. The first-order chi connectivity index (χ1) is 17.4. The van der Waals surface area contributed by atoms with Crippen molar-refractivity contribution in [2.75, 3.05) is 0 Å². The molecule has 2 atom stereocenters. The van der Waals surface area contributed by atoms with Crippen LogP contribution in [0.2, 0.25) is 5.02 Å². The summed E-state index contributed by atoms with van der Waals surface area (Å²) in [6.07, 6.45) is 2.01. The lowest BCUT2D eigenvalue weighted by Gasteiger charge is -2.37. The summed E-state index contributed by atoms with van der Waals surface area (Å²) in [6.45, 7) is 2.26. The zero-order chi connectivity index (χ0) is 25.3. The molecule has 0 unspecified atom stereocenters. The number of nitrogens with one attached hydrogen (secondary N) is 1. The molecule has 0 spiro atoms. The smallest absolute Gasteiger partial charge is 0.239 e. The molecule has 2 N–H and O–H groups in total.